The van der Waals surface area contributed by atoms with Crippen LogP contribution in [0.2, 0.25) is 0 Å². The van der Waals surface area contributed by atoms with Crippen LogP contribution in [-0.4, -0.2) is 24.0 Å². The molecule has 2 aliphatic heterocycles. The fourth-order valence-corrected chi connectivity index (χ4v) is 3.79. The molecule has 2 heterocycles. The number of methoxy groups -OCH3 is 1. The van der Waals surface area contributed by atoms with E-state index in [-0.39, 0.29) is 11.8 Å². The minimum absolute atomic E-state index is 0.103. The number of allylic oxidation sites excluding steroid dienone is 3. The van der Waals surface area contributed by atoms with Gasteiger partial charge in [-0.2, -0.15) is 0 Å². The molecule has 0 saturated heterocycles. The summed E-state index contributed by atoms with van der Waals surface area (Å²) < 4.78 is 10.9. The van der Waals surface area contributed by atoms with Gasteiger partial charge in [-0.15, -0.1) is 0 Å². The van der Waals surface area contributed by atoms with Crippen molar-refractivity contribution in [2.24, 2.45) is 17.8 Å². The fraction of sp³-hybridized carbons (Fsp3) is 0.667. The van der Waals surface area contributed by atoms with Gasteiger partial charge in [-0.05, 0) is 50.5 Å². The predicted octanol–water partition coefficient (Wildman–Crippen LogP) is 4.51. The Morgan fingerprint density at radius 2 is 2.12 bits per heavy atom. The van der Waals surface area contributed by atoms with Gasteiger partial charge >= 0.3 is 5.97 Å². The predicted molar refractivity (Wildman–Crippen MR) is 98.6 cm³/mol. The summed E-state index contributed by atoms with van der Waals surface area (Å²) in [4.78, 5) is 12.1. The Morgan fingerprint density at radius 1 is 1.40 bits per heavy atom. The summed E-state index contributed by atoms with van der Waals surface area (Å²) in [5.41, 5.74) is 1.74. The largest absolute Gasteiger partial charge is 0.465 e. The van der Waals surface area contributed by atoms with Gasteiger partial charge in [0, 0.05) is 18.4 Å². The van der Waals surface area contributed by atoms with Gasteiger partial charge in [0.05, 0.1) is 12.7 Å². The number of fused-ring (bicyclic) bond motifs is 2. The van der Waals surface area contributed by atoms with E-state index in [1.807, 2.05) is 0 Å². The number of esters is 1. The first-order chi connectivity index (χ1) is 11.7. The molecule has 2 aliphatic rings. The number of hydrogen-bond donors (Lipinski definition) is 1. The molecule has 2 bridgehead atoms. The molecule has 2 rings (SSSR count). The van der Waals surface area contributed by atoms with Crippen LogP contribution >= 0.6 is 0 Å². The van der Waals surface area contributed by atoms with Crippen molar-refractivity contribution >= 4 is 5.97 Å². The van der Waals surface area contributed by atoms with Crippen LogP contribution in [0, 0.1) is 17.8 Å². The third-order valence-corrected chi connectivity index (χ3v) is 5.28. The highest BCUT2D eigenvalue weighted by Gasteiger charge is 2.42. The van der Waals surface area contributed by atoms with Gasteiger partial charge in [0.1, 0.15) is 5.76 Å². The van der Waals surface area contributed by atoms with Gasteiger partial charge < -0.3 is 14.6 Å². The minimum atomic E-state index is -1.47. The minimum Gasteiger partial charge on any atom is -0.465 e. The topological polar surface area (TPSA) is 55.8 Å². The Kier molecular flexibility index (Phi) is 6.50. The van der Waals surface area contributed by atoms with Crippen molar-refractivity contribution in [3.8, 4) is 0 Å². The van der Waals surface area contributed by atoms with Crippen molar-refractivity contribution in [2.45, 2.75) is 65.6 Å². The lowest BCUT2D eigenvalue weighted by atomic mass is 9.80. The van der Waals surface area contributed by atoms with Crippen LogP contribution < -0.4 is 0 Å². The number of aliphatic hydroxyl groups is 1. The third kappa shape index (κ3) is 4.97. The quantitative estimate of drug-likeness (QED) is 0.589. The first kappa shape index (κ1) is 19.8. The average Bonchev–Trinajstić information content (AvgIpc) is 2.52. The molecule has 0 aromatic carbocycles. The van der Waals surface area contributed by atoms with E-state index in [2.05, 4.69) is 33.8 Å². The molecule has 0 amide bonds. The van der Waals surface area contributed by atoms with E-state index >= 15 is 0 Å². The Labute approximate surface area is 151 Å². The van der Waals surface area contributed by atoms with E-state index in [4.69, 9.17) is 9.47 Å². The van der Waals surface area contributed by atoms with Crippen LogP contribution in [0.5, 0.6) is 0 Å². The first-order valence-corrected chi connectivity index (χ1v) is 9.34. The molecule has 140 valence electrons. The van der Waals surface area contributed by atoms with E-state index in [9.17, 15) is 9.90 Å². The molecule has 0 aromatic heterocycles. The van der Waals surface area contributed by atoms with Gasteiger partial charge in [0.2, 0.25) is 5.79 Å². The smallest absolute Gasteiger partial charge is 0.337 e. The lowest BCUT2D eigenvalue weighted by Gasteiger charge is -2.40. The van der Waals surface area contributed by atoms with Gasteiger partial charge in [-0.1, -0.05) is 32.4 Å². The number of ether oxygens (including phenoxy) is 2. The highest BCUT2D eigenvalue weighted by molar-refractivity contribution is 5.92. The average molecular weight is 348 g/mol. The Balaban J connectivity index is 2.45. The van der Waals surface area contributed by atoms with Crippen molar-refractivity contribution in [3.05, 3.63) is 35.1 Å². The summed E-state index contributed by atoms with van der Waals surface area (Å²) in [7, 11) is 1.36. The molecule has 0 spiro atoms. The molecule has 4 heteroatoms. The van der Waals surface area contributed by atoms with Gasteiger partial charge in [0.15, 0.2) is 0 Å². The molecule has 0 aromatic rings. The SMILES string of the molecule is COC(=O)C1=C[C@@]2(O)OC(=C1)C[C@@H](C)CC/C=C(/C)CC[C@H]2C(C)C. The normalized spacial score (nSPS) is 33.0. The molecule has 0 saturated carbocycles. The van der Waals surface area contributed by atoms with Crippen LogP contribution in [-0.2, 0) is 14.3 Å². The van der Waals surface area contributed by atoms with Crippen LogP contribution in [0.4, 0.5) is 0 Å². The summed E-state index contributed by atoms with van der Waals surface area (Å²) >= 11 is 0. The zero-order valence-electron chi connectivity index (χ0n) is 16.2. The maximum Gasteiger partial charge on any atom is 0.337 e. The molecule has 0 aliphatic carbocycles. The first-order valence-electron chi connectivity index (χ1n) is 9.34. The van der Waals surface area contributed by atoms with Gasteiger partial charge in [0.25, 0.3) is 0 Å². The molecular formula is C21H32O4. The van der Waals surface area contributed by atoms with Crippen molar-refractivity contribution in [3.63, 3.8) is 0 Å². The molecule has 3 atom stereocenters. The van der Waals surface area contributed by atoms with Crippen LogP contribution in [0.3, 0.4) is 0 Å². The lowest BCUT2D eigenvalue weighted by molar-refractivity contribution is -0.193. The number of rotatable bonds is 2. The van der Waals surface area contributed by atoms with Gasteiger partial charge in [-0.3, -0.25) is 0 Å². The summed E-state index contributed by atoms with van der Waals surface area (Å²) in [6.07, 6.45) is 10.1. The zero-order chi connectivity index (χ0) is 18.6. The Bertz CT molecular complexity index is 585. The summed E-state index contributed by atoms with van der Waals surface area (Å²) in [5, 5.41) is 11.3. The van der Waals surface area contributed by atoms with E-state index in [0.717, 1.165) is 25.7 Å². The molecule has 0 radical (unpaired) electrons. The second kappa shape index (κ2) is 8.22. The van der Waals surface area contributed by atoms with Crippen LogP contribution in [0.15, 0.2) is 35.1 Å². The van der Waals surface area contributed by atoms with E-state index < -0.39 is 11.8 Å². The van der Waals surface area contributed by atoms with Crippen molar-refractivity contribution < 1.29 is 19.4 Å². The molecule has 1 N–H and O–H groups in total. The Morgan fingerprint density at radius 3 is 2.76 bits per heavy atom. The van der Waals surface area contributed by atoms with Crippen molar-refractivity contribution in [2.75, 3.05) is 7.11 Å². The molecule has 4 nitrogen and oxygen atoms in total. The van der Waals surface area contributed by atoms with Crippen LogP contribution in [0.1, 0.15) is 59.8 Å². The Hall–Kier alpha value is -1.55. The van der Waals surface area contributed by atoms with E-state index in [1.54, 1.807) is 12.2 Å². The zero-order valence-corrected chi connectivity index (χ0v) is 16.2. The highest BCUT2D eigenvalue weighted by Crippen LogP contribution is 2.39. The standard InChI is InChI=1S/C21H32O4/c1-14(2)19-10-9-15(3)7-6-8-16(4)11-18-12-17(20(22)24-5)13-21(19,23)25-18/h7,12-14,16,19,23H,6,8-11H2,1-5H3/b15-7-/t16-,19-,21+/m0/s1. The second-order valence-corrected chi connectivity index (χ2v) is 7.88. The van der Waals surface area contributed by atoms with E-state index in [0.29, 0.717) is 23.7 Å². The molecule has 25 heavy (non-hydrogen) atoms. The monoisotopic (exact) mass is 348 g/mol. The summed E-state index contributed by atoms with van der Waals surface area (Å²) in [5.74, 6) is -0.710. The van der Waals surface area contributed by atoms with Crippen molar-refractivity contribution in [1.82, 2.24) is 0 Å². The molecule has 0 fully saturated rings. The van der Waals surface area contributed by atoms with Gasteiger partial charge in [-0.25, -0.2) is 4.79 Å². The van der Waals surface area contributed by atoms with E-state index in [1.165, 1.54) is 12.7 Å². The highest BCUT2D eigenvalue weighted by atomic mass is 16.6. The summed E-state index contributed by atoms with van der Waals surface area (Å²) in [6.45, 7) is 8.50. The molecular weight excluding hydrogens is 316 g/mol. The fourth-order valence-electron chi connectivity index (χ4n) is 3.79. The van der Waals surface area contributed by atoms with Crippen LogP contribution in [0.25, 0.3) is 0 Å². The second-order valence-electron chi connectivity index (χ2n) is 7.88. The number of carbonyl (C=O) groups excluding carboxylic acids is 1. The maximum absolute atomic E-state index is 12.1. The third-order valence-electron chi connectivity index (χ3n) is 5.28. The number of hydrogen-bond acceptors (Lipinski definition) is 4. The number of carbonyl (C=O) groups is 1. The maximum atomic E-state index is 12.1. The molecule has 0 unspecified atom stereocenters. The van der Waals surface area contributed by atoms with Crippen molar-refractivity contribution in [1.29, 1.82) is 0 Å². The summed E-state index contributed by atoms with van der Waals surface area (Å²) in [6, 6.07) is 0. The lowest BCUT2D eigenvalue weighted by Crippen LogP contribution is -2.44.